The van der Waals surface area contributed by atoms with Crippen LogP contribution in [0.4, 0.5) is 0 Å². The Kier molecular flexibility index (Phi) is 5.78. The first kappa shape index (κ1) is 23.6. The second kappa shape index (κ2) is 9.06. The van der Waals surface area contributed by atoms with Gasteiger partial charge >= 0.3 is 0 Å². The molecule has 5 heteroatoms. The summed E-state index contributed by atoms with van der Waals surface area (Å²) in [5.74, 6) is 2.48. The van der Waals surface area contributed by atoms with E-state index >= 15 is 0 Å². The molecule has 37 heavy (non-hydrogen) atoms. The van der Waals surface area contributed by atoms with Crippen LogP contribution in [0.25, 0.3) is 10.8 Å². The largest absolute Gasteiger partial charge is 0.494 e. The third kappa shape index (κ3) is 3.72. The van der Waals surface area contributed by atoms with Gasteiger partial charge in [0.15, 0.2) is 11.8 Å². The molecule has 3 aromatic rings. The average molecular weight is 501 g/mol. The Bertz CT molecular complexity index is 1260. The van der Waals surface area contributed by atoms with Gasteiger partial charge in [-0.25, -0.2) is 0 Å². The van der Waals surface area contributed by atoms with Gasteiger partial charge in [0.2, 0.25) is 0 Å². The molecule has 4 unspecified atom stereocenters. The molecule has 7 rings (SSSR count). The second-order valence-electron chi connectivity index (χ2n) is 12.5. The van der Waals surface area contributed by atoms with Crippen molar-refractivity contribution in [1.82, 2.24) is 9.47 Å². The van der Waals surface area contributed by atoms with E-state index in [0.29, 0.717) is 24.3 Å². The molecule has 4 aliphatic rings. The summed E-state index contributed by atoms with van der Waals surface area (Å²) < 4.78 is 1.78. The molecule has 6 atom stereocenters. The maximum Gasteiger partial charge on any atom is 0.197 e. The molecule has 3 fully saturated rings. The van der Waals surface area contributed by atoms with Crippen molar-refractivity contribution >= 4 is 10.8 Å². The Morgan fingerprint density at radius 2 is 1.49 bits per heavy atom. The molecule has 196 valence electrons. The van der Waals surface area contributed by atoms with E-state index in [0.717, 1.165) is 43.6 Å². The van der Waals surface area contributed by atoms with Gasteiger partial charge in [-0.05, 0) is 91.1 Å². The highest BCUT2D eigenvalue weighted by Crippen LogP contribution is 2.62. The van der Waals surface area contributed by atoms with E-state index in [4.69, 9.17) is 0 Å². The number of fused-ring (bicyclic) bond motifs is 6. The molecule has 2 bridgehead atoms. The number of aliphatic hydroxyl groups excluding tert-OH is 1. The molecule has 1 aromatic heterocycles. The molecule has 1 saturated heterocycles. The quantitative estimate of drug-likeness (QED) is 0.406. The first-order chi connectivity index (χ1) is 18.0. The molecule has 3 N–H and O–H groups in total. The van der Waals surface area contributed by atoms with E-state index in [1.807, 2.05) is 0 Å². The van der Waals surface area contributed by atoms with Gasteiger partial charge in [0, 0.05) is 30.1 Å². The van der Waals surface area contributed by atoms with Crippen LogP contribution in [0.15, 0.2) is 42.5 Å². The van der Waals surface area contributed by atoms with E-state index in [2.05, 4.69) is 54.3 Å². The highest BCUT2D eigenvalue weighted by molar-refractivity contribution is 5.86. The van der Waals surface area contributed by atoms with Gasteiger partial charge in [0.25, 0.3) is 0 Å². The summed E-state index contributed by atoms with van der Waals surface area (Å²) in [4.78, 5) is 2.66. The number of aromatic nitrogens is 1. The zero-order chi connectivity index (χ0) is 25.3. The van der Waals surface area contributed by atoms with Gasteiger partial charge in [-0.15, -0.1) is 0 Å². The van der Waals surface area contributed by atoms with Gasteiger partial charge < -0.3 is 20.2 Å². The summed E-state index contributed by atoms with van der Waals surface area (Å²) in [6.45, 7) is 6.17. The van der Waals surface area contributed by atoms with E-state index < -0.39 is 6.10 Å². The summed E-state index contributed by atoms with van der Waals surface area (Å²) in [6, 6.07) is 15.5. The molecule has 2 aromatic carbocycles. The van der Waals surface area contributed by atoms with E-state index in [9.17, 15) is 15.3 Å². The van der Waals surface area contributed by atoms with E-state index in [1.54, 1.807) is 4.57 Å². The van der Waals surface area contributed by atoms with Crippen molar-refractivity contribution in [1.29, 1.82) is 0 Å². The lowest BCUT2D eigenvalue weighted by Crippen LogP contribution is -2.38. The summed E-state index contributed by atoms with van der Waals surface area (Å²) in [7, 11) is 0. The fourth-order valence-electron chi connectivity index (χ4n) is 8.63. The molecule has 0 amide bonds. The number of likely N-dealkylation sites (tertiary alicyclic amines) is 1. The zero-order valence-corrected chi connectivity index (χ0v) is 21.9. The minimum atomic E-state index is -0.408. The van der Waals surface area contributed by atoms with Crippen molar-refractivity contribution in [3.8, 4) is 11.8 Å². The summed E-state index contributed by atoms with van der Waals surface area (Å²) in [5.41, 5.74) is 3.26. The fourth-order valence-corrected chi connectivity index (χ4v) is 8.63. The van der Waals surface area contributed by atoms with E-state index in [1.165, 1.54) is 42.0 Å². The fraction of sp³-hybridized carbons (Fsp3) is 0.562. The Morgan fingerprint density at radius 3 is 2.27 bits per heavy atom. The molecule has 2 saturated carbocycles. The van der Waals surface area contributed by atoms with Crippen LogP contribution in [0.1, 0.15) is 79.9 Å². The Hall–Kier alpha value is -2.50. The summed E-state index contributed by atoms with van der Waals surface area (Å²) >= 11 is 0. The monoisotopic (exact) mass is 500 g/mol. The van der Waals surface area contributed by atoms with E-state index in [-0.39, 0.29) is 29.5 Å². The van der Waals surface area contributed by atoms with Crippen molar-refractivity contribution in [3.05, 3.63) is 59.2 Å². The zero-order valence-electron chi connectivity index (χ0n) is 21.9. The number of hydrogen-bond donors (Lipinski definition) is 3. The predicted octanol–water partition coefficient (Wildman–Crippen LogP) is 5.93. The second-order valence-corrected chi connectivity index (χ2v) is 12.5. The van der Waals surface area contributed by atoms with Gasteiger partial charge in [-0.1, -0.05) is 55.8 Å². The molecular weight excluding hydrogens is 460 g/mol. The minimum absolute atomic E-state index is 0.0236. The van der Waals surface area contributed by atoms with Crippen LogP contribution < -0.4 is 0 Å². The lowest BCUT2D eigenvalue weighted by molar-refractivity contribution is 0.113. The van der Waals surface area contributed by atoms with Crippen LogP contribution in [0.3, 0.4) is 0 Å². The lowest BCUT2D eigenvalue weighted by Gasteiger charge is -2.35. The van der Waals surface area contributed by atoms with Gasteiger partial charge in [-0.3, -0.25) is 4.57 Å². The molecule has 1 aliphatic heterocycles. The van der Waals surface area contributed by atoms with Crippen LogP contribution in [-0.2, 0) is 6.54 Å². The van der Waals surface area contributed by atoms with Gasteiger partial charge in [0.05, 0.1) is 6.10 Å². The molecule has 0 radical (unpaired) electrons. The number of aliphatic hydroxyl groups is 1. The SMILES string of the molecule is CC1C2CC(c3c2c(O)n(C[C@H]2CCC[C@@H]2CN2CCC(c4cccc5ccccc45)CC2)c3O)C1O. The van der Waals surface area contributed by atoms with Gasteiger partial charge in [-0.2, -0.15) is 0 Å². The minimum Gasteiger partial charge on any atom is -0.494 e. The lowest BCUT2D eigenvalue weighted by atomic mass is 9.84. The number of aromatic hydroxyl groups is 2. The molecular formula is C32H40N2O3. The van der Waals surface area contributed by atoms with Crippen LogP contribution >= 0.6 is 0 Å². The number of hydrogen-bond acceptors (Lipinski definition) is 4. The average Bonchev–Trinajstić information content (AvgIpc) is 3.66. The molecule has 5 nitrogen and oxygen atoms in total. The summed E-state index contributed by atoms with van der Waals surface area (Å²) in [6.07, 6.45) is 6.49. The molecule has 2 heterocycles. The first-order valence-corrected chi connectivity index (χ1v) is 14.5. The van der Waals surface area contributed by atoms with Crippen LogP contribution in [0.2, 0.25) is 0 Å². The van der Waals surface area contributed by atoms with Crippen LogP contribution in [0, 0.1) is 17.8 Å². The molecule has 3 aliphatic carbocycles. The third-order valence-corrected chi connectivity index (χ3v) is 10.7. The first-order valence-electron chi connectivity index (χ1n) is 14.5. The summed E-state index contributed by atoms with van der Waals surface area (Å²) in [5, 5.41) is 35.6. The van der Waals surface area contributed by atoms with Crippen LogP contribution in [0.5, 0.6) is 11.8 Å². The number of nitrogens with zero attached hydrogens (tertiary/aromatic N) is 2. The number of piperidine rings is 1. The maximum absolute atomic E-state index is 11.1. The smallest absolute Gasteiger partial charge is 0.197 e. The van der Waals surface area contributed by atoms with Crippen molar-refractivity contribution in [2.75, 3.05) is 19.6 Å². The van der Waals surface area contributed by atoms with Crippen molar-refractivity contribution in [2.24, 2.45) is 17.8 Å². The Labute approximate surface area is 219 Å². The normalized spacial score (nSPS) is 31.9. The third-order valence-electron chi connectivity index (χ3n) is 10.7. The highest BCUT2D eigenvalue weighted by atomic mass is 16.3. The van der Waals surface area contributed by atoms with Crippen molar-refractivity contribution in [3.63, 3.8) is 0 Å². The Balaban J connectivity index is 1.02. The number of benzene rings is 2. The Morgan fingerprint density at radius 1 is 0.811 bits per heavy atom. The predicted molar refractivity (Wildman–Crippen MR) is 146 cm³/mol. The highest BCUT2D eigenvalue weighted by Gasteiger charge is 2.53. The van der Waals surface area contributed by atoms with Crippen molar-refractivity contribution in [2.45, 2.75) is 75.9 Å². The standard InChI is InChI=1S/C32H40N2O3/c1-19-26-16-27(30(19)35)29-28(26)31(36)34(32(29)37)18-23-9-4-8-22(23)17-33-14-12-21(13-15-33)25-11-5-7-20-6-2-3-10-24(20)25/h2-3,5-7,10-11,19,21-23,26-27,30,35-37H,4,8-9,12-18H2,1H3/t19?,22-,23-,26?,27?,30?/m1/s1. The number of rotatable bonds is 5. The topological polar surface area (TPSA) is 68.9 Å². The maximum atomic E-state index is 11.1. The molecule has 0 spiro atoms. The van der Waals surface area contributed by atoms with Crippen molar-refractivity contribution < 1.29 is 15.3 Å². The van der Waals surface area contributed by atoms with Gasteiger partial charge in [0.1, 0.15) is 0 Å². The van der Waals surface area contributed by atoms with Crippen LogP contribution in [-0.4, -0.2) is 50.5 Å².